The van der Waals surface area contributed by atoms with Crippen LogP contribution in [0.5, 0.6) is 0 Å². The molecule has 1 aromatic carbocycles. The Hall–Kier alpha value is -1.84. The predicted molar refractivity (Wildman–Crippen MR) is 78.7 cm³/mol. The molecule has 0 aliphatic heterocycles. The minimum atomic E-state index is -0.747. The summed E-state index contributed by atoms with van der Waals surface area (Å²) in [6, 6.07) is 10.2. The van der Waals surface area contributed by atoms with Gasteiger partial charge in [-0.1, -0.05) is 36.8 Å². The van der Waals surface area contributed by atoms with Gasteiger partial charge in [0.2, 0.25) is 5.91 Å². The maximum atomic E-state index is 12.6. The van der Waals surface area contributed by atoms with Gasteiger partial charge in [0.05, 0.1) is 11.3 Å². The summed E-state index contributed by atoms with van der Waals surface area (Å²) in [5.41, 5.74) is 0.930. The maximum absolute atomic E-state index is 12.6. The van der Waals surface area contributed by atoms with E-state index in [9.17, 15) is 9.59 Å². The Bertz CT molecular complexity index is 530. The van der Waals surface area contributed by atoms with E-state index in [1.54, 1.807) is 0 Å². The first-order chi connectivity index (χ1) is 10.1. The van der Waals surface area contributed by atoms with Crippen molar-refractivity contribution in [3.63, 3.8) is 0 Å². The van der Waals surface area contributed by atoms with E-state index in [2.05, 4.69) is 17.4 Å². The number of rotatable bonds is 5. The zero-order valence-corrected chi connectivity index (χ0v) is 12.0. The van der Waals surface area contributed by atoms with E-state index in [1.165, 1.54) is 5.56 Å². The van der Waals surface area contributed by atoms with Gasteiger partial charge in [0.1, 0.15) is 0 Å². The van der Waals surface area contributed by atoms with Crippen molar-refractivity contribution >= 4 is 11.9 Å². The molecule has 0 spiro atoms. The van der Waals surface area contributed by atoms with E-state index in [4.69, 9.17) is 5.11 Å². The Morgan fingerprint density at radius 1 is 1.19 bits per heavy atom. The van der Waals surface area contributed by atoms with Crippen molar-refractivity contribution in [2.24, 2.45) is 11.3 Å². The van der Waals surface area contributed by atoms with E-state index in [-0.39, 0.29) is 23.3 Å². The molecule has 2 aliphatic carbocycles. The highest BCUT2D eigenvalue weighted by Crippen LogP contribution is 2.44. The van der Waals surface area contributed by atoms with Gasteiger partial charge in [-0.2, -0.15) is 0 Å². The summed E-state index contributed by atoms with van der Waals surface area (Å²) in [5.74, 6) is -0.906. The van der Waals surface area contributed by atoms with E-state index in [0.29, 0.717) is 12.8 Å². The summed E-state index contributed by atoms with van der Waals surface area (Å²) in [6.07, 6.45) is 4.90. The van der Waals surface area contributed by atoms with E-state index < -0.39 is 5.97 Å². The molecule has 0 atom stereocenters. The van der Waals surface area contributed by atoms with Crippen molar-refractivity contribution in [2.45, 2.75) is 44.6 Å². The molecule has 21 heavy (non-hydrogen) atoms. The first kappa shape index (κ1) is 14.1. The van der Waals surface area contributed by atoms with Crippen LogP contribution in [-0.4, -0.2) is 23.0 Å². The number of benzene rings is 1. The molecule has 4 nitrogen and oxygen atoms in total. The number of aliphatic carboxylic acids is 1. The summed E-state index contributed by atoms with van der Waals surface area (Å²) in [4.78, 5) is 23.4. The normalized spacial score (nSPS) is 26.3. The SMILES string of the molecule is O=C(O)C1CC(NC(=O)C2(Cc3ccccc3)CCC2)C1. The lowest BCUT2D eigenvalue weighted by atomic mass is 9.64. The molecular weight excluding hydrogens is 266 g/mol. The van der Waals surface area contributed by atoms with Crippen LogP contribution in [0.25, 0.3) is 0 Å². The molecule has 4 heteroatoms. The van der Waals surface area contributed by atoms with Gasteiger partial charge in [-0.3, -0.25) is 9.59 Å². The van der Waals surface area contributed by atoms with Crippen LogP contribution in [0.15, 0.2) is 30.3 Å². The van der Waals surface area contributed by atoms with Crippen molar-refractivity contribution in [3.05, 3.63) is 35.9 Å². The van der Waals surface area contributed by atoms with Gasteiger partial charge >= 0.3 is 5.97 Å². The van der Waals surface area contributed by atoms with Crippen molar-refractivity contribution in [2.75, 3.05) is 0 Å². The van der Waals surface area contributed by atoms with E-state index in [0.717, 1.165) is 25.7 Å². The average Bonchev–Trinajstić information content (AvgIpc) is 2.38. The molecule has 1 amide bonds. The summed E-state index contributed by atoms with van der Waals surface area (Å²) in [6.45, 7) is 0. The molecule has 0 saturated heterocycles. The van der Waals surface area contributed by atoms with Gasteiger partial charge in [-0.05, 0) is 37.7 Å². The van der Waals surface area contributed by atoms with Crippen LogP contribution >= 0.6 is 0 Å². The van der Waals surface area contributed by atoms with Crippen LogP contribution in [0.2, 0.25) is 0 Å². The Balaban J connectivity index is 1.58. The molecule has 2 fully saturated rings. The second-order valence-corrected chi connectivity index (χ2v) is 6.47. The zero-order chi connectivity index (χ0) is 14.9. The summed E-state index contributed by atoms with van der Waals surface area (Å²) in [5, 5.41) is 11.9. The predicted octanol–water partition coefficient (Wildman–Crippen LogP) is 2.38. The summed E-state index contributed by atoms with van der Waals surface area (Å²) < 4.78 is 0. The van der Waals surface area contributed by atoms with Crippen molar-refractivity contribution in [1.29, 1.82) is 0 Å². The number of carboxylic acid groups (broad SMARTS) is 1. The van der Waals surface area contributed by atoms with E-state index >= 15 is 0 Å². The van der Waals surface area contributed by atoms with E-state index in [1.807, 2.05) is 18.2 Å². The smallest absolute Gasteiger partial charge is 0.306 e. The topological polar surface area (TPSA) is 66.4 Å². The van der Waals surface area contributed by atoms with Crippen molar-refractivity contribution in [3.8, 4) is 0 Å². The first-order valence-corrected chi connectivity index (χ1v) is 7.67. The number of hydrogen-bond donors (Lipinski definition) is 2. The van der Waals surface area contributed by atoms with Crippen molar-refractivity contribution in [1.82, 2.24) is 5.32 Å². The fourth-order valence-corrected chi connectivity index (χ4v) is 3.35. The molecule has 2 saturated carbocycles. The average molecular weight is 287 g/mol. The van der Waals surface area contributed by atoms with Gasteiger partial charge in [-0.15, -0.1) is 0 Å². The second-order valence-electron chi connectivity index (χ2n) is 6.47. The number of carbonyl (C=O) groups excluding carboxylic acids is 1. The lowest BCUT2D eigenvalue weighted by Crippen LogP contribution is -2.54. The highest BCUT2D eigenvalue weighted by molar-refractivity contribution is 5.84. The van der Waals surface area contributed by atoms with Crippen LogP contribution in [0.4, 0.5) is 0 Å². The Labute approximate surface area is 124 Å². The Morgan fingerprint density at radius 2 is 1.86 bits per heavy atom. The first-order valence-electron chi connectivity index (χ1n) is 7.67. The molecule has 0 bridgehead atoms. The van der Waals surface area contributed by atoms with Gasteiger partial charge in [0.25, 0.3) is 0 Å². The number of amides is 1. The lowest BCUT2D eigenvalue weighted by molar-refractivity contribution is -0.147. The summed E-state index contributed by atoms with van der Waals surface area (Å²) in [7, 11) is 0. The fraction of sp³-hybridized carbons (Fsp3) is 0.529. The third-order valence-electron chi connectivity index (χ3n) is 5.00. The van der Waals surface area contributed by atoms with Gasteiger partial charge in [0.15, 0.2) is 0 Å². The second kappa shape index (κ2) is 5.51. The monoisotopic (exact) mass is 287 g/mol. The Morgan fingerprint density at radius 3 is 2.38 bits per heavy atom. The highest BCUT2D eigenvalue weighted by Gasteiger charge is 2.46. The van der Waals surface area contributed by atoms with Crippen LogP contribution in [-0.2, 0) is 16.0 Å². The van der Waals surface area contributed by atoms with Crippen LogP contribution in [0, 0.1) is 11.3 Å². The number of carbonyl (C=O) groups is 2. The molecule has 0 unspecified atom stereocenters. The molecular formula is C17H21NO3. The largest absolute Gasteiger partial charge is 0.481 e. The minimum Gasteiger partial charge on any atom is -0.481 e. The zero-order valence-electron chi connectivity index (χ0n) is 12.0. The molecule has 0 aromatic heterocycles. The minimum absolute atomic E-state index is 0.0480. The fourth-order valence-electron chi connectivity index (χ4n) is 3.35. The molecule has 0 heterocycles. The lowest BCUT2D eigenvalue weighted by Gasteiger charge is -2.43. The number of hydrogen-bond acceptors (Lipinski definition) is 2. The number of carboxylic acids is 1. The number of nitrogens with one attached hydrogen (secondary N) is 1. The molecule has 0 radical (unpaired) electrons. The van der Waals surface area contributed by atoms with Gasteiger partial charge in [0, 0.05) is 6.04 Å². The third kappa shape index (κ3) is 2.80. The van der Waals surface area contributed by atoms with Gasteiger partial charge in [-0.25, -0.2) is 0 Å². The molecule has 112 valence electrons. The van der Waals surface area contributed by atoms with Crippen LogP contribution < -0.4 is 5.32 Å². The van der Waals surface area contributed by atoms with Crippen molar-refractivity contribution < 1.29 is 14.7 Å². The van der Waals surface area contributed by atoms with Crippen LogP contribution in [0.3, 0.4) is 0 Å². The van der Waals surface area contributed by atoms with Crippen LogP contribution in [0.1, 0.15) is 37.7 Å². The molecule has 2 N–H and O–H groups in total. The molecule has 3 rings (SSSR count). The third-order valence-corrected chi connectivity index (χ3v) is 5.00. The molecule has 2 aliphatic rings. The standard InChI is InChI=1S/C17H21NO3/c19-15(20)13-9-14(10-13)18-16(21)17(7-4-8-17)11-12-5-2-1-3-6-12/h1-3,5-6,13-14H,4,7-11H2,(H,18,21)(H,19,20). The van der Waals surface area contributed by atoms with Gasteiger partial charge < -0.3 is 10.4 Å². The maximum Gasteiger partial charge on any atom is 0.306 e. The quantitative estimate of drug-likeness (QED) is 0.873. The summed E-state index contributed by atoms with van der Waals surface area (Å²) >= 11 is 0. The Kier molecular flexibility index (Phi) is 3.70. The highest BCUT2D eigenvalue weighted by atomic mass is 16.4. The molecule has 1 aromatic rings.